The van der Waals surface area contributed by atoms with Gasteiger partial charge in [-0.2, -0.15) is 0 Å². The number of pyridine rings is 1. The molecule has 35 heavy (non-hydrogen) atoms. The molecule has 0 aliphatic carbocycles. The summed E-state index contributed by atoms with van der Waals surface area (Å²) in [6.45, 7) is 1.86. The number of aromatic nitrogens is 1. The zero-order valence-corrected chi connectivity index (χ0v) is 20.3. The highest BCUT2D eigenvalue weighted by molar-refractivity contribution is 6.31. The van der Waals surface area contributed by atoms with E-state index in [1.54, 1.807) is 59.5 Å². The maximum absolute atomic E-state index is 13.9. The molecule has 1 aromatic heterocycles. The van der Waals surface area contributed by atoms with Crippen molar-refractivity contribution in [2.45, 2.75) is 18.9 Å². The number of nitrogens with one attached hydrogen (secondary N) is 1. The number of fused-ring (bicyclic) bond motifs is 1. The number of aryl methyl sites for hydroxylation is 1. The highest BCUT2D eigenvalue weighted by atomic mass is 35.5. The van der Waals surface area contributed by atoms with E-state index in [-0.39, 0.29) is 11.8 Å². The van der Waals surface area contributed by atoms with Crippen LogP contribution in [0, 0.1) is 6.92 Å². The first-order valence-corrected chi connectivity index (χ1v) is 11.9. The molecule has 0 radical (unpaired) electrons. The molecule has 1 aliphatic heterocycles. The first kappa shape index (κ1) is 23.1. The number of hydrogen-bond acceptors (Lipinski definition) is 3. The number of amides is 2. The molecule has 0 saturated heterocycles. The molecule has 5 rings (SSSR count). The molecule has 2 heterocycles. The normalized spacial score (nSPS) is 17.1. The summed E-state index contributed by atoms with van der Waals surface area (Å²) >= 11 is 12.3. The fraction of sp³-hybridized carbons (Fsp3) is 0.107. The van der Waals surface area contributed by atoms with E-state index < -0.39 is 12.0 Å². The highest BCUT2D eigenvalue weighted by Crippen LogP contribution is 2.45. The monoisotopic (exact) mass is 501 g/mol. The third-order valence-corrected chi connectivity index (χ3v) is 6.58. The molecule has 3 aromatic carbocycles. The molecule has 0 bridgehead atoms. The molecule has 1 N–H and O–H groups in total. The first-order valence-electron chi connectivity index (χ1n) is 11.1. The number of nitrogens with zero attached hydrogens (tertiary/aromatic N) is 2. The molecule has 0 fully saturated rings. The van der Waals surface area contributed by atoms with Gasteiger partial charge in [0, 0.05) is 27.0 Å². The van der Waals surface area contributed by atoms with Crippen LogP contribution in [0.15, 0.2) is 91.0 Å². The minimum Gasteiger partial charge on any atom is -0.310 e. The summed E-state index contributed by atoms with van der Waals surface area (Å²) in [4.78, 5) is 33.8. The van der Waals surface area contributed by atoms with E-state index >= 15 is 0 Å². The fourth-order valence-electron chi connectivity index (χ4n) is 4.52. The number of rotatable bonds is 4. The molecule has 5 nitrogen and oxygen atoms in total. The minimum atomic E-state index is -0.705. The average molecular weight is 502 g/mol. The quantitative estimate of drug-likeness (QED) is 0.333. The molecule has 174 valence electrons. The Kier molecular flexibility index (Phi) is 6.29. The molecule has 2 amide bonds. The van der Waals surface area contributed by atoms with Crippen molar-refractivity contribution in [3.63, 3.8) is 0 Å². The van der Waals surface area contributed by atoms with Crippen LogP contribution in [0.25, 0.3) is 0 Å². The van der Waals surface area contributed by atoms with E-state index in [1.807, 2.05) is 43.3 Å². The van der Waals surface area contributed by atoms with E-state index in [4.69, 9.17) is 23.2 Å². The molecular formula is C28H21Cl2N3O2. The maximum Gasteiger partial charge on any atom is 0.259 e. The van der Waals surface area contributed by atoms with Gasteiger partial charge >= 0.3 is 0 Å². The lowest BCUT2D eigenvalue weighted by Gasteiger charge is -2.41. The van der Waals surface area contributed by atoms with Gasteiger partial charge in [0.25, 0.3) is 5.91 Å². The van der Waals surface area contributed by atoms with Crippen LogP contribution in [0.5, 0.6) is 0 Å². The largest absolute Gasteiger partial charge is 0.310 e. The van der Waals surface area contributed by atoms with Crippen molar-refractivity contribution in [1.29, 1.82) is 0 Å². The number of benzene rings is 3. The summed E-state index contributed by atoms with van der Waals surface area (Å²) in [5.41, 5.74) is 3.35. The Morgan fingerprint density at radius 3 is 2.20 bits per heavy atom. The van der Waals surface area contributed by atoms with Crippen molar-refractivity contribution < 1.29 is 9.59 Å². The number of carbonyl (C=O) groups excluding carboxylic acids is 2. The number of halogens is 2. The summed E-state index contributed by atoms with van der Waals surface area (Å²) in [6.07, 6.45) is 0. The third-order valence-electron chi connectivity index (χ3n) is 6.08. The Morgan fingerprint density at radius 1 is 0.857 bits per heavy atom. The van der Waals surface area contributed by atoms with Crippen LogP contribution < -0.4 is 10.2 Å². The van der Waals surface area contributed by atoms with Gasteiger partial charge < -0.3 is 5.32 Å². The smallest absolute Gasteiger partial charge is 0.259 e. The van der Waals surface area contributed by atoms with Gasteiger partial charge in [0.15, 0.2) is 0 Å². The van der Waals surface area contributed by atoms with Crippen molar-refractivity contribution in [3.05, 3.63) is 123 Å². The SMILES string of the molecule is Cc1cccc(NC(=O)[C@@H]2c3ccccc3C(=O)N(c3ccc(Cl)cc3)[C@H]2c2ccc(Cl)cc2)n1. The van der Waals surface area contributed by atoms with Gasteiger partial charge in [-0.3, -0.25) is 14.5 Å². The molecule has 1 aliphatic rings. The zero-order valence-electron chi connectivity index (χ0n) is 18.8. The summed E-state index contributed by atoms with van der Waals surface area (Å²) in [7, 11) is 0. The first-order chi connectivity index (χ1) is 16.9. The van der Waals surface area contributed by atoms with Gasteiger partial charge in [-0.25, -0.2) is 4.98 Å². The number of anilines is 2. The number of carbonyl (C=O) groups is 2. The molecule has 0 unspecified atom stereocenters. The maximum atomic E-state index is 13.9. The average Bonchev–Trinajstić information content (AvgIpc) is 2.85. The van der Waals surface area contributed by atoms with Crippen molar-refractivity contribution in [2.75, 3.05) is 10.2 Å². The molecule has 0 spiro atoms. The Morgan fingerprint density at radius 2 is 1.51 bits per heavy atom. The van der Waals surface area contributed by atoms with Gasteiger partial charge in [-0.1, -0.05) is 59.6 Å². The van der Waals surface area contributed by atoms with E-state index in [9.17, 15) is 9.59 Å². The Balaban J connectivity index is 1.69. The lowest BCUT2D eigenvalue weighted by molar-refractivity contribution is -0.118. The summed E-state index contributed by atoms with van der Waals surface area (Å²) < 4.78 is 0. The van der Waals surface area contributed by atoms with Crippen molar-refractivity contribution in [3.8, 4) is 0 Å². The molecule has 2 atom stereocenters. The lowest BCUT2D eigenvalue weighted by Crippen LogP contribution is -2.46. The summed E-state index contributed by atoms with van der Waals surface area (Å²) in [6, 6.07) is 26.3. The van der Waals surface area contributed by atoms with Gasteiger partial charge in [0.2, 0.25) is 5.91 Å². The predicted octanol–water partition coefficient (Wildman–Crippen LogP) is 6.82. The van der Waals surface area contributed by atoms with Crippen LogP contribution in [-0.2, 0) is 4.79 Å². The number of hydrogen-bond donors (Lipinski definition) is 1. The van der Waals surface area contributed by atoms with Crippen molar-refractivity contribution >= 4 is 46.5 Å². The van der Waals surface area contributed by atoms with Gasteiger partial charge in [0.1, 0.15) is 5.82 Å². The predicted molar refractivity (Wildman–Crippen MR) is 139 cm³/mol. The Bertz CT molecular complexity index is 1400. The Hall–Kier alpha value is -3.67. The van der Waals surface area contributed by atoms with Gasteiger partial charge in [-0.15, -0.1) is 0 Å². The summed E-state index contributed by atoms with van der Waals surface area (Å²) in [5, 5.41) is 4.09. The Labute approximate surface area is 213 Å². The molecular weight excluding hydrogens is 481 g/mol. The standard InChI is InChI=1S/C28H21Cl2N3O2/c1-17-5-4-8-24(31-17)32-27(34)25-22-6-2-3-7-23(22)28(35)33(21-15-13-20(30)14-16-21)26(25)18-9-11-19(29)12-10-18/h2-16,25-26H,1H3,(H,31,32,34)/t25-,26+/m1/s1. The van der Waals surface area contributed by atoms with E-state index in [1.165, 1.54) is 0 Å². The van der Waals surface area contributed by atoms with Crippen LogP contribution in [0.4, 0.5) is 11.5 Å². The van der Waals surface area contributed by atoms with E-state index in [0.717, 1.165) is 11.3 Å². The fourth-order valence-corrected chi connectivity index (χ4v) is 4.77. The van der Waals surface area contributed by atoms with Crippen molar-refractivity contribution in [1.82, 2.24) is 4.98 Å². The minimum absolute atomic E-state index is 0.194. The van der Waals surface area contributed by atoms with Crippen LogP contribution in [0.1, 0.15) is 39.1 Å². The molecule has 7 heteroatoms. The van der Waals surface area contributed by atoms with E-state index in [0.29, 0.717) is 32.7 Å². The second-order valence-corrected chi connectivity index (χ2v) is 9.24. The summed E-state index contributed by atoms with van der Waals surface area (Å²) in [5.74, 6) is -0.706. The van der Waals surface area contributed by atoms with E-state index in [2.05, 4.69) is 10.3 Å². The molecule has 0 saturated carbocycles. The lowest BCUT2D eigenvalue weighted by atomic mass is 9.79. The topological polar surface area (TPSA) is 62.3 Å². The van der Waals surface area contributed by atoms with Crippen LogP contribution in [0.3, 0.4) is 0 Å². The van der Waals surface area contributed by atoms with Crippen LogP contribution >= 0.6 is 23.2 Å². The van der Waals surface area contributed by atoms with Crippen LogP contribution in [-0.4, -0.2) is 16.8 Å². The van der Waals surface area contributed by atoms with Crippen LogP contribution in [0.2, 0.25) is 10.0 Å². The van der Waals surface area contributed by atoms with Crippen molar-refractivity contribution in [2.24, 2.45) is 0 Å². The second-order valence-electron chi connectivity index (χ2n) is 8.37. The third kappa shape index (κ3) is 4.53. The van der Waals surface area contributed by atoms with Gasteiger partial charge in [-0.05, 0) is 72.6 Å². The molecule has 4 aromatic rings. The van der Waals surface area contributed by atoms with Gasteiger partial charge in [0.05, 0.1) is 12.0 Å². The zero-order chi connectivity index (χ0) is 24.5. The highest BCUT2D eigenvalue weighted by Gasteiger charge is 2.45. The second kappa shape index (κ2) is 9.53.